The minimum atomic E-state index is -0.231. The molecule has 0 N–H and O–H groups in total. The van der Waals surface area contributed by atoms with E-state index in [0.29, 0.717) is 5.91 Å². The van der Waals surface area contributed by atoms with Crippen LogP contribution in [-0.4, -0.2) is 59.1 Å². The Morgan fingerprint density at radius 3 is 3.08 bits per heavy atom. The number of ether oxygens (including phenoxy) is 1. The summed E-state index contributed by atoms with van der Waals surface area (Å²) in [5.41, 5.74) is 0.992. The van der Waals surface area contributed by atoms with Crippen LogP contribution in [0, 0.1) is 5.41 Å². The quantitative estimate of drug-likeness (QED) is 0.782. The van der Waals surface area contributed by atoms with Crippen LogP contribution in [0.5, 0.6) is 0 Å². The first-order valence-electron chi connectivity index (χ1n) is 9.85. The summed E-state index contributed by atoms with van der Waals surface area (Å²) in [4.78, 5) is 22.1. The highest BCUT2D eigenvalue weighted by molar-refractivity contribution is 5.83. The van der Waals surface area contributed by atoms with Gasteiger partial charge in [0.1, 0.15) is 0 Å². The fraction of sp³-hybridized carbons (Fsp3) is 0.619. The SMILES string of the molecule is CC1(C(=O)N2CC[C@@H]3OCCN(Cc4cccnc4)[C@H]3C2)CC=CCC1. The number of pyridine rings is 1. The lowest BCUT2D eigenvalue weighted by molar-refractivity contribution is -0.152. The lowest BCUT2D eigenvalue weighted by Crippen LogP contribution is -2.61. The average molecular weight is 355 g/mol. The van der Waals surface area contributed by atoms with Crippen molar-refractivity contribution in [3.05, 3.63) is 42.2 Å². The molecule has 5 nitrogen and oxygen atoms in total. The summed E-state index contributed by atoms with van der Waals surface area (Å²) in [5, 5.41) is 0. The van der Waals surface area contributed by atoms with Gasteiger partial charge >= 0.3 is 0 Å². The molecule has 2 saturated heterocycles. The molecule has 4 rings (SSSR count). The number of carbonyl (C=O) groups is 1. The maximum Gasteiger partial charge on any atom is 0.228 e. The molecule has 1 aliphatic carbocycles. The zero-order chi connectivity index (χ0) is 18.0. The van der Waals surface area contributed by atoms with Crippen LogP contribution in [0.3, 0.4) is 0 Å². The van der Waals surface area contributed by atoms with Gasteiger partial charge in [-0.3, -0.25) is 14.7 Å². The standard InChI is InChI=1S/C21H29N3O2/c1-21(8-3-2-4-9-21)20(25)24-11-7-19-18(16-24)23(12-13-26-19)15-17-6-5-10-22-14-17/h2-3,5-6,10,14,18-19H,4,7-9,11-13,15-16H2,1H3/t18-,19-,21?/m0/s1. The van der Waals surface area contributed by atoms with E-state index in [9.17, 15) is 4.79 Å². The first kappa shape index (κ1) is 17.7. The first-order chi connectivity index (χ1) is 12.7. The zero-order valence-corrected chi connectivity index (χ0v) is 15.6. The molecule has 1 aromatic heterocycles. The Hall–Kier alpha value is -1.72. The van der Waals surface area contributed by atoms with E-state index in [1.54, 1.807) is 0 Å². The number of morpholine rings is 1. The van der Waals surface area contributed by atoms with Crippen LogP contribution in [0.15, 0.2) is 36.7 Å². The van der Waals surface area contributed by atoms with Crippen LogP contribution in [-0.2, 0) is 16.1 Å². The molecule has 0 bridgehead atoms. The fourth-order valence-electron chi connectivity index (χ4n) is 4.59. The van der Waals surface area contributed by atoms with Crippen LogP contribution in [0.2, 0.25) is 0 Å². The van der Waals surface area contributed by atoms with E-state index in [0.717, 1.165) is 58.5 Å². The number of amides is 1. The second-order valence-electron chi connectivity index (χ2n) is 8.12. The Labute approximate surface area is 156 Å². The largest absolute Gasteiger partial charge is 0.375 e. The van der Waals surface area contributed by atoms with Gasteiger partial charge < -0.3 is 9.64 Å². The van der Waals surface area contributed by atoms with E-state index in [2.05, 4.69) is 39.9 Å². The lowest BCUT2D eigenvalue weighted by Gasteiger charge is -2.48. The molecule has 0 saturated carbocycles. The van der Waals surface area contributed by atoms with Crippen LogP contribution in [0.4, 0.5) is 0 Å². The molecule has 0 aromatic carbocycles. The highest BCUT2D eigenvalue weighted by Crippen LogP contribution is 2.36. The number of rotatable bonds is 3. The third-order valence-electron chi connectivity index (χ3n) is 6.21. The fourth-order valence-corrected chi connectivity index (χ4v) is 4.59. The number of carbonyl (C=O) groups excluding carboxylic acids is 1. The molecule has 3 atom stereocenters. The van der Waals surface area contributed by atoms with Gasteiger partial charge in [-0.25, -0.2) is 0 Å². The Morgan fingerprint density at radius 2 is 2.31 bits per heavy atom. The molecule has 5 heteroatoms. The van der Waals surface area contributed by atoms with Gasteiger partial charge in [-0.05, 0) is 37.3 Å². The third kappa shape index (κ3) is 3.55. The summed E-state index contributed by atoms with van der Waals surface area (Å²) >= 11 is 0. The lowest BCUT2D eigenvalue weighted by atomic mass is 9.77. The van der Waals surface area contributed by atoms with Crippen molar-refractivity contribution in [3.8, 4) is 0 Å². The highest BCUT2D eigenvalue weighted by atomic mass is 16.5. The normalized spacial score (nSPS) is 32.3. The molecule has 140 valence electrons. The minimum Gasteiger partial charge on any atom is -0.375 e. The average Bonchev–Trinajstić information content (AvgIpc) is 2.69. The van der Waals surface area contributed by atoms with Crippen molar-refractivity contribution < 1.29 is 9.53 Å². The van der Waals surface area contributed by atoms with Crippen molar-refractivity contribution in [2.24, 2.45) is 5.41 Å². The molecular formula is C21H29N3O2. The summed E-state index contributed by atoms with van der Waals surface area (Å²) in [6, 6.07) is 4.39. The predicted octanol–water partition coefficient (Wildman–Crippen LogP) is 2.63. The maximum absolute atomic E-state index is 13.2. The monoisotopic (exact) mass is 355 g/mol. The van der Waals surface area contributed by atoms with Crippen LogP contribution in [0.25, 0.3) is 0 Å². The Kier molecular flexibility index (Phi) is 5.09. The van der Waals surface area contributed by atoms with Crippen molar-refractivity contribution in [1.29, 1.82) is 0 Å². The predicted molar refractivity (Wildman–Crippen MR) is 100 cm³/mol. The topological polar surface area (TPSA) is 45.7 Å². The maximum atomic E-state index is 13.2. The van der Waals surface area contributed by atoms with E-state index in [1.165, 1.54) is 5.56 Å². The summed E-state index contributed by atoms with van der Waals surface area (Å²) in [6.45, 7) is 6.30. The molecule has 1 unspecified atom stereocenters. The number of hydrogen-bond donors (Lipinski definition) is 0. The van der Waals surface area contributed by atoms with Crippen molar-refractivity contribution in [3.63, 3.8) is 0 Å². The van der Waals surface area contributed by atoms with Crippen molar-refractivity contribution in [1.82, 2.24) is 14.8 Å². The summed E-state index contributed by atoms with van der Waals surface area (Å²) in [6.07, 6.45) is 12.1. The molecule has 1 amide bonds. The molecule has 2 aliphatic heterocycles. The number of hydrogen-bond acceptors (Lipinski definition) is 4. The van der Waals surface area contributed by atoms with Crippen molar-refractivity contribution >= 4 is 5.91 Å². The van der Waals surface area contributed by atoms with Crippen molar-refractivity contribution in [2.45, 2.75) is 51.3 Å². The number of fused-ring (bicyclic) bond motifs is 1. The van der Waals surface area contributed by atoms with Gasteiger partial charge in [0.15, 0.2) is 0 Å². The smallest absolute Gasteiger partial charge is 0.228 e. The van der Waals surface area contributed by atoms with Gasteiger partial charge in [-0.2, -0.15) is 0 Å². The van der Waals surface area contributed by atoms with Crippen LogP contribution < -0.4 is 0 Å². The number of piperidine rings is 1. The molecule has 0 spiro atoms. The molecule has 2 fully saturated rings. The van der Waals surface area contributed by atoms with E-state index in [1.807, 2.05) is 18.5 Å². The van der Waals surface area contributed by atoms with Crippen LogP contribution in [0.1, 0.15) is 38.2 Å². The summed E-state index contributed by atoms with van der Waals surface area (Å²) in [5.74, 6) is 0.326. The second kappa shape index (κ2) is 7.49. The van der Waals surface area contributed by atoms with Crippen LogP contribution >= 0.6 is 0 Å². The van der Waals surface area contributed by atoms with Gasteiger partial charge in [-0.15, -0.1) is 0 Å². The van der Waals surface area contributed by atoms with Gasteiger partial charge in [-0.1, -0.05) is 25.1 Å². The van der Waals surface area contributed by atoms with Gasteiger partial charge in [0.25, 0.3) is 0 Å². The minimum absolute atomic E-state index is 0.231. The van der Waals surface area contributed by atoms with E-state index < -0.39 is 0 Å². The van der Waals surface area contributed by atoms with Crippen molar-refractivity contribution in [2.75, 3.05) is 26.2 Å². The molecular weight excluding hydrogens is 326 g/mol. The van der Waals surface area contributed by atoms with Gasteiger partial charge in [0, 0.05) is 38.6 Å². The number of aromatic nitrogens is 1. The first-order valence-corrected chi connectivity index (χ1v) is 9.85. The third-order valence-corrected chi connectivity index (χ3v) is 6.21. The second-order valence-corrected chi connectivity index (χ2v) is 8.12. The van der Waals surface area contributed by atoms with Gasteiger partial charge in [0.2, 0.25) is 5.91 Å². The Bertz CT molecular complexity index is 662. The molecule has 26 heavy (non-hydrogen) atoms. The molecule has 0 radical (unpaired) electrons. The van der Waals surface area contributed by atoms with E-state index >= 15 is 0 Å². The zero-order valence-electron chi connectivity index (χ0n) is 15.6. The molecule has 1 aromatic rings. The number of likely N-dealkylation sites (tertiary alicyclic amines) is 1. The molecule has 3 heterocycles. The van der Waals surface area contributed by atoms with E-state index in [-0.39, 0.29) is 17.6 Å². The Balaban J connectivity index is 1.46. The summed E-state index contributed by atoms with van der Waals surface area (Å²) < 4.78 is 6.04. The highest BCUT2D eigenvalue weighted by Gasteiger charge is 2.42. The Morgan fingerprint density at radius 1 is 1.38 bits per heavy atom. The molecule has 3 aliphatic rings. The van der Waals surface area contributed by atoms with Gasteiger partial charge in [0.05, 0.1) is 24.2 Å². The summed E-state index contributed by atoms with van der Waals surface area (Å²) in [7, 11) is 0. The van der Waals surface area contributed by atoms with E-state index in [4.69, 9.17) is 4.74 Å². The number of allylic oxidation sites excluding steroid dienone is 2. The number of nitrogens with zero attached hydrogens (tertiary/aromatic N) is 3.